The van der Waals surface area contributed by atoms with Gasteiger partial charge in [-0.3, -0.25) is 14.9 Å². The number of ether oxygens (including phenoxy) is 1. The molecule has 1 rings (SSSR count). The first-order chi connectivity index (χ1) is 9.60. The average molecular weight is 294 g/mol. The van der Waals surface area contributed by atoms with Crippen LogP contribution < -0.4 is 5.32 Å². The second kappa shape index (κ2) is 6.34. The van der Waals surface area contributed by atoms with Gasteiger partial charge in [-0.25, -0.2) is 4.79 Å². The number of carbonyl (C=O) groups excluding carboxylic acids is 2. The van der Waals surface area contributed by atoms with Crippen LogP contribution in [0.5, 0.6) is 0 Å². The van der Waals surface area contributed by atoms with Gasteiger partial charge in [-0.2, -0.15) is 0 Å². The van der Waals surface area contributed by atoms with Crippen LogP contribution in [0, 0.1) is 17.0 Å². The van der Waals surface area contributed by atoms with Crippen LogP contribution in [0.3, 0.4) is 0 Å². The zero-order valence-electron chi connectivity index (χ0n) is 12.4. The lowest BCUT2D eigenvalue weighted by Gasteiger charge is -2.19. The largest absolute Gasteiger partial charge is 0.444 e. The van der Waals surface area contributed by atoms with Crippen molar-refractivity contribution in [3.05, 3.63) is 39.4 Å². The van der Waals surface area contributed by atoms with E-state index in [9.17, 15) is 19.7 Å². The SMILES string of the molecule is Cc1ccc(C(=O)CNC(=O)OC(C)(C)C)cc1[N+](=O)[O-]. The van der Waals surface area contributed by atoms with Crippen molar-refractivity contribution in [2.45, 2.75) is 33.3 Å². The third-order valence-electron chi connectivity index (χ3n) is 2.52. The molecule has 1 aromatic carbocycles. The van der Waals surface area contributed by atoms with Crippen molar-refractivity contribution >= 4 is 17.6 Å². The number of nitrogens with one attached hydrogen (secondary N) is 1. The zero-order chi connectivity index (χ0) is 16.2. The van der Waals surface area contributed by atoms with Gasteiger partial charge in [0.05, 0.1) is 11.5 Å². The lowest BCUT2D eigenvalue weighted by Crippen LogP contribution is -2.35. The molecule has 0 aliphatic heterocycles. The normalized spacial score (nSPS) is 10.9. The number of rotatable bonds is 4. The maximum atomic E-state index is 11.9. The Bertz CT molecular complexity index is 575. The highest BCUT2D eigenvalue weighted by molar-refractivity contribution is 5.99. The van der Waals surface area contributed by atoms with Crippen LogP contribution in [0.25, 0.3) is 0 Å². The van der Waals surface area contributed by atoms with Crippen LogP contribution in [0.1, 0.15) is 36.7 Å². The molecule has 0 spiro atoms. The van der Waals surface area contributed by atoms with Crippen molar-refractivity contribution < 1.29 is 19.2 Å². The number of aryl methyl sites for hydroxylation is 1. The Morgan fingerprint density at radius 2 is 1.95 bits per heavy atom. The number of hydrogen-bond acceptors (Lipinski definition) is 5. The predicted octanol–water partition coefficient (Wildman–Crippen LogP) is 2.61. The van der Waals surface area contributed by atoms with Crippen LogP contribution in [0.2, 0.25) is 0 Å². The van der Waals surface area contributed by atoms with Gasteiger partial charge in [0.1, 0.15) is 5.60 Å². The molecule has 21 heavy (non-hydrogen) atoms. The van der Waals surface area contributed by atoms with Crippen molar-refractivity contribution in [2.75, 3.05) is 6.54 Å². The van der Waals surface area contributed by atoms with Gasteiger partial charge in [0, 0.05) is 17.2 Å². The quantitative estimate of drug-likeness (QED) is 0.523. The molecule has 1 N–H and O–H groups in total. The van der Waals surface area contributed by atoms with Crippen LogP contribution in [-0.4, -0.2) is 28.9 Å². The predicted molar refractivity (Wildman–Crippen MR) is 76.4 cm³/mol. The highest BCUT2D eigenvalue weighted by atomic mass is 16.6. The minimum Gasteiger partial charge on any atom is -0.444 e. The van der Waals surface area contributed by atoms with E-state index in [4.69, 9.17) is 4.74 Å². The fourth-order valence-electron chi connectivity index (χ4n) is 1.55. The number of Topliss-reactive ketones (excluding diaryl/α,β-unsaturated/α-hetero) is 1. The molecule has 114 valence electrons. The van der Waals surface area contributed by atoms with E-state index < -0.39 is 22.4 Å². The zero-order valence-corrected chi connectivity index (χ0v) is 12.4. The fraction of sp³-hybridized carbons (Fsp3) is 0.429. The fourth-order valence-corrected chi connectivity index (χ4v) is 1.55. The van der Waals surface area contributed by atoms with E-state index in [0.717, 1.165) is 0 Å². The summed E-state index contributed by atoms with van der Waals surface area (Å²) in [5.41, 5.74) is -0.145. The standard InChI is InChI=1S/C14H18N2O5/c1-9-5-6-10(7-11(9)16(19)20)12(17)8-15-13(18)21-14(2,3)4/h5-7H,8H2,1-4H3,(H,15,18). The first kappa shape index (κ1) is 16.6. The van der Waals surface area contributed by atoms with Gasteiger partial charge < -0.3 is 10.1 Å². The Kier molecular flexibility index (Phi) is 5.02. The Labute approximate surface area is 122 Å². The molecule has 0 saturated heterocycles. The molecule has 0 bridgehead atoms. The summed E-state index contributed by atoms with van der Waals surface area (Å²) in [7, 11) is 0. The van der Waals surface area contributed by atoms with Crippen LogP contribution in [-0.2, 0) is 4.74 Å². The number of carbonyl (C=O) groups is 2. The van der Waals surface area contributed by atoms with Crippen LogP contribution in [0.4, 0.5) is 10.5 Å². The van der Waals surface area contributed by atoms with E-state index in [1.54, 1.807) is 27.7 Å². The molecule has 0 radical (unpaired) electrons. The second-order valence-corrected chi connectivity index (χ2v) is 5.54. The van der Waals surface area contributed by atoms with Crippen molar-refractivity contribution in [3.8, 4) is 0 Å². The third-order valence-corrected chi connectivity index (χ3v) is 2.52. The Balaban J connectivity index is 2.71. The van der Waals surface area contributed by atoms with Gasteiger partial charge in [0.25, 0.3) is 5.69 Å². The number of benzene rings is 1. The molecule has 0 aromatic heterocycles. The maximum absolute atomic E-state index is 11.9. The van der Waals surface area contributed by atoms with Crippen molar-refractivity contribution in [1.82, 2.24) is 5.32 Å². The molecule has 0 aliphatic rings. The molecular weight excluding hydrogens is 276 g/mol. The number of amides is 1. The summed E-state index contributed by atoms with van der Waals surface area (Å²) >= 11 is 0. The molecule has 1 amide bonds. The molecule has 0 heterocycles. The summed E-state index contributed by atoms with van der Waals surface area (Å²) in [6, 6.07) is 4.19. The van der Waals surface area contributed by atoms with E-state index in [1.807, 2.05) is 0 Å². The minimum atomic E-state index is -0.711. The topological polar surface area (TPSA) is 98.5 Å². The Hall–Kier alpha value is -2.44. The van der Waals surface area contributed by atoms with Gasteiger partial charge in [-0.05, 0) is 27.7 Å². The number of hydrogen-bond donors (Lipinski definition) is 1. The number of nitrogens with zero attached hydrogens (tertiary/aromatic N) is 1. The van der Waals surface area contributed by atoms with E-state index >= 15 is 0 Å². The summed E-state index contributed by atoms with van der Waals surface area (Å²) in [6.45, 7) is 6.42. The van der Waals surface area contributed by atoms with Crippen molar-refractivity contribution in [3.63, 3.8) is 0 Å². The lowest BCUT2D eigenvalue weighted by molar-refractivity contribution is -0.385. The number of ketones is 1. The van der Waals surface area contributed by atoms with Crippen LogP contribution in [0.15, 0.2) is 18.2 Å². The smallest absolute Gasteiger partial charge is 0.408 e. The summed E-state index contributed by atoms with van der Waals surface area (Å²) in [5.74, 6) is -0.427. The molecule has 0 unspecified atom stereocenters. The Morgan fingerprint density at radius 3 is 2.48 bits per heavy atom. The van der Waals surface area contributed by atoms with Gasteiger partial charge >= 0.3 is 6.09 Å². The first-order valence-electron chi connectivity index (χ1n) is 6.35. The average Bonchev–Trinajstić information content (AvgIpc) is 2.34. The molecular formula is C14H18N2O5. The summed E-state index contributed by atoms with van der Waals surface area (Å²) in [6.07, 6.45) is -0.711. The van der Waals surface area contributed by atoms with E-state index in [1.165, 1.54) is 18.2 Å². The first-order valence-corrected chi connectivity index (χ1v) is 6.35. The molecule has 0 saturated carbocycles. The van der Waals surface area contributed by atoms with Gasteiger partial charge in [0.15, 0.2) is 5.78 Å². The minimum absolute atomic E-state index is 0.127. The Morgan fingerprint density at radius 1 is 1.33 bits per heavy atom. The third kappa shape index (κ3) is 5.21. The van der Waals surface area contributed by atoms with Gasteiger partial charge in [0.2, 0.25) is 0 Å². The van der Waals surface area contributed by atoms with Gasteiger partial charge in [-0.15, -0.1) is 0 Å². The monoisotopic (exact) mass is 294 g/mol. The highest BCUT2D eigenvalue weighted by Crippen LogP contribution is 2.19. The molecule has 7 heteroatoms. The second-order valence-electron chi connectivity index (χ2n) is 5.54. The lowest BCUT2D eigenvalue weighted by atomic mass is 10.1. The maximum Gasteiger partial charge on any atom is 0.408 e. The molecule has 0 atom stereocenters. The number of nitro groups is 1. The summed E-state index contributed by atoms with van der Waals surface area (Å²) in [5, 5.41) is 13.1. The molecule has 1 aromatic rings. The summed E-state index contributed by atoms with van der Waals surface area (Å²) in [4.78, 5) is 33.6. The van der Waals surface area contributed by atoms with Crippen molar-refractivity contribution in [2.24, 2.45) is 0 Å². The molecule has 7 nitrogen and oxygen atoms in total. The molecule has 0 fully saturated rings. The number of alkyl carbamates (subject to hydrolysis) is 1. The van der Waals surface area contributed by atoms with Crippen molar-refractivity contribution in [1.29, 1.82) is 0 Å². The van der Waals surface area contributed by atoms with E-state index in [2.05, 4.69) is 5.32 Å². The van der Waals surface area contributed by atoms with E-state index in [-0.39, 0.29) is 17.8 Å². The van der Waals surface area contributed by atoms with Crippen LogP contribution >= 0.6 is 0 Å². The molecule has 0 aliphatic carbocycles. The van der Waals surface area contributed by atoms with E-state index in [0.29, 0.717) is 5.56 Å². The summed E-state index contributed by atoms with van der Waals surface area (Å²) < 4.78 is 4.99. The van der Waals surface area contributed by atoms with Gasteiger partial charge in [-0.1, -0.05) is 12.1 Å². The number of nitro benzene ring substituents is 1. The highest BCUT2D eigenvalue weighted by Gasteiger charge is 2.18.